The Morgan fingerprint density at radius 2 is 1.89 bits per heavy atom. The predicted molar refractivity (Wildman–Crippen MR) is 75.1 cm³/mol. The van der Waals surface area contributed by atoms with Crippen LogP contribution in [-0.4, -0.2) is 24.7 Å². The Balaban J connectivity index is 2.42. The lowest BCUT2D eigenvalue weighted by Gasteiger charge is -2.11. The van der Waals surface area contributed by atoms with Gasteiger partial charge in [0.15, 0.2) is 6.61 Å². The molecule has 1 unspecified atom stereocenters. The third kappa shape index (κ3) is 6.25. The fourth-order valence-electron chi connectivity index (χ4n) is 1.61. The molecule has 0 radical (unpaired) electrons. The van der Waals surface area contributed by atoms with Crippen molar-refractivity contribution < 1.29 is 14.3 Å². The molecule has 0 saturated carbocycles. The van der Waals surface area contributed by atoms with Crippen LogP contribution in [0.2, 0.25) is 0 Å². The second-order valence-electron chi connectivity index (χ2n) is 4.84. The third-order valence-electron chi connectivity index (χ3n) is 2.67. The molecule has 4 nitrogen and oxygen atoms in total. The number of nitrogens with two attached hydrogens (primary N) is 1. The largest absolute Gasteiger partial charge is 0.482 e. The summed E-state index contributed by atoms with van der Waals surface area (Å²) in [6.07, 6.45) is 1.69. The summed E-state index contributed by atoms with van der Waals surface area (Å²) in [5.74, 6) is 0.307. The van der Waals surface area contributed by atoms with Gasteiger partial charge in [-0.2, -0.15) is 0 Å². The van der Waals surface area contributed by atoms with E-state index in [1.165, 1.54) is 5.56 Å². The lowest BCUT2D eigenvalue weighted by molar-refractivity contribution is -0.149. The lowest BCUT2D eigenvalue weighted by atomic mass is 10.0. The van der Waals surface area contributed by atoms with Crippen molar-refractivity contribution in [3.8, 4) is 5.75 Å². The molecule has 0 aliphatic heterocycles. The molecule has 1 aromatic carbocycles. The Morgan fingerprint density at radius 3 is 2.42 bits per heavy atom. The van der Waals surface area contributed by atoms with E-state index in [4.69, 9.17) is 15.2 Å². The first-order valence-electron chi connectivity index (χ1n) is 6.68. The van der Waals surface area contributed by atoms with Gasteiger partial charge in [0.2, 0.25) is 0 Å². The zero-order valence-electron chi connectivity index (χ0n) is 11.9. The summed E-state index contributed by atoms with van der Waals surface area (Å²) in [5, 5.41) is 0. The summed E-state index contributed by atoms with van der Waals surface area (Å²) in [7, 11) is 0. The fraction of sp³-hybridized carbons (Fsp3) is 0.533. The molecule has 0 aliphatic rings. The second-order valence-corrected chi connectivity index (χ2v) is 4.84. The van der Waals surface area contributed by atoms with Crippen molar-refractivity contribution in [3.63, 3.8) is 0 Å². The molecular formula is C15H23NO3. The average Bonchev–Trinajstić information content (AvgIpc) is 2.37. The normalized spacial score (nSPS) is 12.3. The van der Waals surface area contributed by atoms with Gasteiger partial charge < -0.3 is 15.2 Å². The number of benzene rings is 1. The molecule has 2 N–H and O–H groups in total. The van der Waals surface area contributed by atoms with Gasteiger partial charge in [0.05, 0.1) is 6.10 Å². The Labute approximate surface area is 114 Å². The van der Waals surface area contributed by atoms with Crippen molar-refractivity contribution in [1.82, 2.24) is 0 Å². The zero-order chi connectivity index (χ0) is 14.3. The minimum atomic E-state index is -0.355. The van der Waals surface area contributed by atoms with Crippen molar-refractivity contribution in [2.75, 3.05) is 6.61 Å². The highest BCUT2D eigenvalue weighted by molar-refractivity contribution is 5.71. The number of ether oxygens (including phenoxy) is 2. The van der Waals surface area contributed by atoms with Crippen LogP contribution in [0.1, 0.15) is 32.8 Å². The number of carbonyl (C=O) groups excluding carboxylic acids is 1. The van der Waals surface area contributed by atoms with Crippen molar-refractivity contribution >= 4 is 5.97 Å². The van der Waals surface area contributed by atoms with Gasteiger partial charge in [-0.05, 0) is 44.4 Å². The Morgan fingerprint density at radius 1 is 1.26 bits per heavy atom. The average molecular weight is 265 g/mol. The van der Waals surface area contributed by atoms with E-state index in [9.17, 15) is 4.79 Å². The first-order chi connectivity index (χ1) is 9.01. The van der Waals surface area contributed by atoms with Crippen LogP contribution >= 0.6 is 0 Å². The minimum Gasteiger partial charge on any atom is -0.482 e. The molecule has 0 amide bonds. The monoisotopic (exact) mass is 265 g/mol. The highest BCUT2D eigenvalue weighted by atomic mass is 16.6. The summed E-state index contributed by atoms with van der Waals surface area (Å²) in [5.41, 5.74) is 7.07. The molecule has 1 aromatic rings. The summed E-state index contributed by atoms with van der Waals surface area (Å²) in [4.78, 5) is 11.3. The second kappa shape index (κ2) is 7.79. The number of rotatable bonds is 7. The van der Waals surface area contributed by atoms with E-state index in [0.717, 1.165) is 12.8 Å². The number of carbonyl (C=O) groups is 1. The molecule has 106 valence electrons. The molecule has 0 aromatic heterocycles. The maximum absolute atomic E-state index is 11.3. The molecule has 0 bridgehead atoms. The third-order valence-corrected chi connectivity index (χ3v) is 2.67. The summed E-state index contributed by atoms with van der Waals surface area (Å²) in [6.45, 7) is 5.63. The molecule has 4 heteroatoms. The molecular weight excluding hydrogens is 242 g/mol. The van der Waals surface area contributed by atoms with Crippen molar-refractivity contribution in [2.45, 2.75) is 45.8 Å². The SMILES string of the molecule is CCC(N)Cc1ccc(OCC(=O)OC(C)C)cc1. The van der Waals surface area contributed by atoms with Crippen LogP contribution in [0.3, 0.4) is 0 Å². The highest BCUT2D eigenvalue weighted by Gasteiger charge is 2.07. The molecule has 0 heterocycles. The van der Waals surface area contributed by atoms with Crippen molar-refractivity contribution in [2.24, 2.45) is 5.73 Å². The molecule has 19 heavy (non-hydrogen) atoms. The summed E-state index contributed by atoms with van der Waals surface area (Å²) >= 11 is 0. The standard InChI is InChI=1S/C15H23NO3/c1-4-13(16)9-12-5-7-14(8-6-12)18-10-15(17)19-11(2)3/h5-8,11,13H,4,9-10,16H2,1-3H3. The van der Waals surface area contributed by atoms with E-state index in [2.05, 4.69) is 6.92 Å². The van der Waals surface area contributed by atoms with E-state index >= 15 is 0 Å². The van der Waals surface area contributed by atoms with Gasteiger partial charge in [0.1, 0.15) is 5.75 Å². The predicted octanol–water partition coefficient (Wildman–Crippen LogP) is 2.30. The van der Waals surface area contributed by atoms with Gasteiger partial charge >= 0.3 is 5.97 Å². The van der Waals surface area contributed by atoms with Crippen LogP contribution in [-0.2, 0) is 16.0 Å². The lowest BCUT2D eigenvalue weighted by Crippen LogP contribution is -2.21. The Kier molecular flexibility index (Phi) is 6.36. The van der Waals surface area contributed by atoms with Crippen LogP contribution in [0.15, 0.2) is 24.3 Å². The summed E-state index contributed by atoms with van der Waals surface area (Å²) in [6, 6.07) is 7.82. The fourth-order valence-corrected chi connectivity index (χ4v) is 1.61. The molecule has 0 aliphatic carbocycles. The Bertz CT molecular complexity index is 387. The molecule has 1 rings (SSSR count). The Hall–Kier alpha value is -1.55. The van der Waals surface area contributed by atoms with Crippen molar-refractivity contribution in [3.05, 3.63) is 29.8 Å². The smallest absolute Gasteiger partial charge is 0.344 e. The van der Waals surface area contributed by atoms with Crippen LogP contribution in [0.5, 0.6) is 5.75 Å². The van der Waals surface area contributed by atoms with Crippen LogP contribution in [0, 0.1) is 0 Å². The van der Waals surface area contributed by atoms with Crippen LogP contribution < -0.4 is 10.5 Å². The minimum absolute atomic E-state index is 0.0635. The maximum atomic E-state index is 11.3. The maximum Gasteiger partial charge on any atom is 0.344 e. The number of hydrogen-bond donors (Lipinski definition) is 1. The van der Waals surface area contributed by atoms with Gasteiger partial charge in [-0.3, -0.25) is 0 Å². The molecule has 0 spiro atoms. The van der Waals surface area contributed by atoms with Gasteiger partial charge in [-0.25, -0.2) is 4.79 Å². The molecule has 0 fully saturated rings. The molecule has 0 saturated heterocycles. The highest BCUT2D eigenvalue weighted by Crippen LogP contribution is 2.13. The van der Waals surface area contributed by atoms with Gasteiger partial charge in [0.25, 0.3) is 0 Å². The quantitative estimate of drug-likeness (QED) is 0.768. The van der Waals surface area contributed by atoms with E-state index in [0.29, 0.717) is 5.75 Å². The van der Waals surface area contributed by atoms with Gasteiger partial charge in [-0.1, -0.05) is 19.1 Å². The van der Waals surface area contributed by atoms with E-state index in [1.807, 2.05) is 38.1 Å². The van der Waals surface area contributed by atoms with Crippen LogP contribution in [0.25, 0.3) is 0 Å². The first kappa shape index (κ1) is 15.5. The zero-order valence-corrected chi connectivity index (χ0v) is 11.9. The van der Waals surface area contributed by atoms with E-state index in [1.54, 1.807) is 0 Å². The first-order valence-corrected chi connectivity index (χ1v) is 6.68. The van der Waals surface area contributed by atoms with Gasteiger partial charge in [0, 0.05) is 6.04 Å². The molecule has 1 atom stereocenters. The van der Waals surface area contributed by atoms with E-state index in [-0.39, 0.29) is 24.7 Å². The number of hydrogen-bond acceptors (Lipinski definition) is 4. The van der Waals surface area contributed by atoms with E-state index < -0.39 is 0 Å². The van der Waals surface area contributed by atoms with Crippen LogP contribution in [0.4, 0.5) is 0 Å². The van der Waals surface area contributed by atoms with Crippen molar-refractivity contribution in [1.29, 1.82) is 0 Å². The van der Waals surface area contributed by atoms with Gasteiger partial charge in [-0.15, -0.1) is 0 Å². The number of esters is 1. The topological polar surface area (TPSA) is 61.5 Å². The summed E-state index contributed by atoms with van der Waals surface area (Å²) < 4.78 is 10.3.